The molecule has 0 spiro atoms. The molecule has 0 radical (unpaired) electrons. The van der Waals surface area contributed by atoms with Gasteiger partial charge >= 0.3 is 11.8 Å². The van der Waals surface area contributed by atoms with E-state index in [1.807, 2.05) is 13.8 Å². The van der Waals surface area contributed by atoms with Gasteiger partial charge in [0.1, 0.15) is 12.2 Å². The average molecular weight is 373 g/mol. The number of aliphatic hydroxyl groups excluding tert-OH is 2. The summed E-state index contributed by atoms with van der Waals surface area (Å²) in [7, 11) is 0. The number of rotatable bonds is 6. The molecule has 0 saturated carbocycles. The number of carbonyl (C=O) groups is 1. The first-order chi connectivity index (χ1) is 12.3. The Kier molecular flexibility index (Phi) is 6.68. The van der Waals surface area contributed by atoms with Crippen molar-refractivity contribution in [1.29, 1.82) is 0 Å². The Morgan fingerprint density at radius 3 is 2.62 bits per heavy atom. The fourth-order valence-corrected chi connectivity index (χ4v) is 2.62. The highest BCUT2D eigenvalue weighted by atomic mass is 19.1. The molecule has 0 bridgehead atoms. The molecule has 0 unspecified atom stereocenters. The number of halogens is 1. The zero-order valence-corrected chi connectivity index (χ0v) is 14.9. The molecule has 0 aromatic carbocycles. The number of nitrogens with zero attached hydrogens (tertiary/aromatic N) is 2. The highest BCUT2D eigenvalue weighted by Gasteiger charge is 2.42. The van der Waals surface area contributed by atoms with Gasteiger partial charge in [-0.1, -0.05) is 26.7 Å². The molecule has 10 heteroatoms. The molecule has 3 N–H and O–H groups in total. The molecule has 1 amide bonds. The molecular formula is C16H24FN3O6. The van der Waals surface area contributed by atoms with Gasteiger partial charge in [0, 0.05) is 0 Å². The predicted molar refractivity (Wildman–Crippen MR) is 89.1 cm³/mol. The Hall–Kier alpha value is -2.04. The monoisotopic (exact) mass is 373 g/mol. The molecule has 9 nitrogen and oxygen atoms in total. The van der Waals surface area contributed by atoms with E-state index in [-0.39, 0.29) is 12.5 Å². The summed E-state index contributed by atoms with van der Waals surface area (Å²) in [4.78, 5) is 27.3. The van der Waals surface area contributed by atoms with Gasteiger partial charge in [-0.25, -0.2) is 14.0 Å². The van der Waals surface area contributed by atoms with Crippen molar-refractivity contribution in [2.24, 2.45) is 5.92 Å². The van der Waals surface area contributed by atoms with Crippen LogP contribution in [0.1, 0.15) is 39.8 Å². The standard InChI is InChI=1S/C16H24FN3O6/c1-4-9(5-2)7-25-16(24)19-13-10(17)6-20(15(23)18-13)14-12(22)11(21)8(3)26-14/h6,8-9,11-12,14,21-22H,4-5,7H2,1-3H3,(H,18,19,23,24)/t8-,11-,12-,14-/m1/s1. The van der Waals surface area contributed by atoms with E-state index in [4.69, 9.17) is 9.47 Å². The fourth-order valence-electron chi connectivity index (χ4n) is 2.62. The molecule has 1 fully saturated rings. The van der Waals surface area contributed by atoms with Crippen LogP contribution in [0.5, 0.6) is 0 Å². The average Bonchev–Trinajstić information content (AvgIpc) is 2.86. The second-order valence-electron chi connectivity index (χ2n) is 6.25. The number of anilines is 1. The molecule has 2 rings (SSSR count). The third kappa shape index (κ3) is 4.37. The number of carbonyl (C=O) groups excluding carboxylic acids is 1. The fraction of sp³-hybridized carbons (Fsp3) is 0.688. The molecule has 26 heavy (non-hydrogen) atoms. The van der Waals surface area contributed by atoms with Crippen LogP contribution in [-0.2, 0) is 9.47 Å². The highest BCUT2D eigenvalue weighted by molar-refractivity contribution is 5.83. The lowest BCUT2D eigenvalue weighted by atomic mass is 10.1. The van der Waals surface area contributed by atoms with Crippen molar-refractivity contribution >= 4 is 11.9 Å². The van der Waals surface area contributed by atoms with Gasteiger partial charge in [0.05, 0.1) is 18.9 Å². The lowest BCUT2D eigenvalue weighted by molar-refractivity contribution is -0.0355. The first-order valence-corrected chi connectivity index (χ1v) is 8.52. The van der Waals surface area contributed by atoms with Gasteiger partial charge in [-0.05, 0) is 12.8 Å². The van der Waals surface area contributed by atoms with E-state index in [0.717, 1.165) is 23.6 Å². The number of aliphatic hydroxyl groups is 2. The van der Waals surface area contributed by atoms with Crippen molar-refractivity contribution < 1.29 is 28.9 Å². The van der Waals surface area contributed by atoms with Gasteiger partial charge in [0.2, 0.25) is 0 Å². The quantitative estimate of drug-likeness (QED) is 0.680. The topological polar surface area (TPSA) is 123 Å². The predicted octanol–water partition coefficient (Wildman–Crippen LogP) is 1.01. The Labute approximate surface area is 149 Å². The van der Waals surface area contributed by atoms with Crippen LogP contribution in [0.4, 0.5) is 15.0 Å². The Morgan fingerprint density at radius 1 is 1.42 bits per heavy atom. The smallest absolute Gasteiger partial charge is 0.412 e. The van der Waals surface area contributed by atoms with E-state index in [1.54, 1.807) is 0 Å². The lowest BCUT2D eigenvalue weighted by Crippen LogP contribution is -2.36. The number of hydrogen-bond donors (Lipinski definition) is 3. The lowest BCUT2D eigenvalue weighted by Gasteiger charge is -2.18. The SMILES string of the molecule is CCC(CC)COC(=O)Nc1nc(=O)n([C@@H]2O[C@H](C)[C@@H](O)[C@H]2O)cc1F. The minimum absolute atomic E-state index is 0.176. The van der Waals surface area contributed by atoms with Crippen LogP contribution in [0.15, 0.2) is 11.0 Å². The van der Waals surface area contributed by atoms with Gasteiger partial charge in [-0.3, -0.25) is 9.88 Å². The summed E-state index contributed by atoms with van der Waals surface area (Å²) in [5.74, 6) is -1.39. The van der Waals surface area contributed by atoms with Crippen molar-refractivity contribution in [1.82, 2.24) is 9.55 Å². The van der Waals surface area contributed by atoms with E-state index in [2.05, 4.69) is 10.3 Å². The van der Waals surface area contributed by atoms with Gasteiger partial charge < -0.3 is 19.7 Å². The maximum atomic E-state index is 14.2. The van der Waals surface area contributed by atoms with Gasteiger partial charge in [-0.2, -0.15) is 4.98 Å². The van der Waals surface area contributed by atoms with Crippen molar-refractivity contribution in [3.63, 3.8) is 0 Å². The van der Waals surface area contributed by atoms with E-state index < -0.39 is 48.0 Å². The Balaban J connectivity index is 2.10. The summed E-state index contributed by atoms with van der Waals surface area (Å²) >= 11 is 0. The third-order valence-corrected chi connectivity index (χ3v) is 4.48. The maximum Gasteiger partial charge on any atom is 0.412 e. The summed E-state index contributed by atoms with van der Waals surface area (Å²) < 4.78 is 25.2. The number of amides is 1. The molecule has 1 saturated heterocycles. The Bertz CT molecular complexity index is 693. The van der Waals surface area contributed by atoms with Gasteiger partial charge in [-0.15, -0.1) is 0 Å². The maximum absolute atomic E-state index is 14.2. The molecular weight excluding hydrogens is 349 g/mol. The molecule has 2 heterocycles. The van der Waals surface area contributed by atoms with E-state index in [0.29, 0.717) is 0 Å². The van der Waals surface area contributed by atoms with E-state index in [1.165, 1.54) is 6.92 Å². The van der Waals surface area contributed by atoms with E-state index >= 15 is 0 Å². The number of aromatic nitrogens is 2. The van der Waals surface area contributed by atoms with Crippen LogP contribution in [0.2, 0.25) is 0 Å². The Morgan fingerprint density at radius 2 is 2.08 bits per heavy atom. The largest absolute Gasteiger partial charge is 0.449 e. The van der Waals surface area contributed by atoms with Crippen LogP contribution < -0.4 is 11.0 Å². The normalized spacial score (nSPS) is 25.5. The molecule has 1 aliphatic heterocycles. The summed E-state index contributed by atoms with van der Waals surface area (Å²) in [6.45, 7) is 5.62. The first-order valence-electron chi connectivity index (χ1n) is 8.52. The van der Waals surface area contributed by atoms with Crippen LogP contribution in [0.3, 0.4) is 0 Å². The molecule has 1 aromatic heterocycles. The van der Waals surface area contributed by atoms with Crippen molar-refractivity contribution in [3.05, 3.63) is 22.5 Å². The second-order valence-corrected chi connectivity index (χ2v) is 6.25. The molecule has 1 aliphatic rings. The summed E-state index contributed by atoms with van der Waals surface area (Å²) in [6, 6.07) is 0. The summed E-state index contributed by atoms with van der Waals surface area (Å²) in [5, 5.41) is 21.7. The molecule has 1 aromatic rings. The van der Waals surface area contributed by atoms with Gasteiger partial charge in [0.25, 0.3) is 0 Å². The summed E-state index contributed by atoms with van der Waals surface area (Å²) in [6.07, 6.45) is -3.12. The first kappa shape index (κ1) is 20.3. The van der Waals surface area contributed by atoms with E-state index in [9.17, 15) is 24.2 Å². The highest BCUT2D eigenvalue weighted by Crippen LogP contribution is 2.28. The summed E-state index contributed by atoms with van der Waals surface area (Å²) in [5.41, 5.74) is -0.952. The van der Waals surface area contributed by atoms with Gasteiger partial charge in [0.15, 0.2) is 17.9 Å². The second kappa shape index (κ2) is 8.56. The molecule has 0 aliphatic carbocycles. The minimum Gasteiger partial charge on any atom is -0.449 e. The minimum atomic E-state index is -1.41. The van der Waals surface area contributed by atoms with Crippen LogP contribution in [0.25, 0.3) is 0 Å². The third-order valence-electron chi connectivity index (χ3n) is 4.48. The van der Waals surface area contributed by atoms with Crippen molar-refractivity contribution in [3.8, 4) is 0 Å². The zero-order chi connectivity index (χ0) is 19.4. The van der Waals surface area contributed by atoms with Crippen LogP contribution >= 0.6 is 0 Å². The number of hydrogen-bond acceptors (Lipinski definition) is 7. The molecule has 4 atom stereocenters. The number of ether oxygens (including phenoxy) is 2. The van der Waals surface area contributed by atoms with Crippen molar-refractivity contribution in [2.45, 2.75) is 58.2 Å². The number of nitrogens with one attached hydrogen (secondary N) is 1. The molecule has 146 valence electrons. The van der Waals surface area contributed by atoms with Crippen LogP contribution in [-0.4, -0.2) is 50.8 Å². The zero-order valence-electron chi connectivity index (χ0n) is 14.9. The van der Waals surface area contributed by atoms with Crippen molar-refractivity contribution in [2.75, 3.05) is 11.9 Å². The van der Waals surface area contributed by atoms with Crippen LogP contribution in [0, 0.1) is 11.7 Å².